The van der Waals surface area contributed by atoms with Gasteiger partial charge in [0.15, 0.2) is 0 Å². The Hall–Kier alpha value is -3.09. The van der Waals surface area contributed by atoms with Crippen molar-refractivity contribution in [3.05, 3.63) is 47.7 Å². The fourth-order valence-corrected chi connectivity index (χ4v) is 3.56. The predicted molar refractivity (Wildman–Crippen MR) is 105 cm³/mol. The van der Waals surface area contributed by atoms with Crippen LogP contribution in [-0.2, 0) is 4.74 Å². The summed E-state index contributed by atoms with van der Waals surface area (Å²) in [5, 5.41) is 21.5. The number of amides is 1. The minimum atomic E-state index is -0.500. The van der Waals surface area contributed by atoms with Crippen molar-refractivity contribution in [2.24, 2.45) is 5.92 Å². The van der Waals surface area contributed by atoms with Crippen molar-refractivity contribution >= 4 is 11.8 Å². The molecule has 7 nitrogen and oxygen atoms in total. The summed E-state index contributed by atoms with van der Waals surface area (Å²) in [5.74, 6) is 0.498. The molecule has 2 aliphatic rings. The van der Waals surface area contributed by atoms with E-state index in [1.165, 1.54) is 5.57 Å². The standard InChI is InChI=1S/C21H24N4O3/c1-21(2,3)28-20(27)25-11-14-10-22-19(16(14)12-25)18-9-8-17(23-24-18)13-4-6-15(26)7-5-13/h4-9,14,22,26H,10-12H2,1-3H3. The number of carbonyl (C=O) groups is 1. The number of aromatic nitrogens is 2. The molecule has 0 aliphatic carbocycles. The summed E-state index contributed by atoms with van der Waals surface area (Å²) in [6.07, 6.45) is -0.275. The first kappa shape index (κ1) is 18.3. The number of fused-ring (bicyclic) bond motifs is 1. The van der Waals surface area contributed by atoms with Gasteiger partial charge in [-0.05, 0) is 62.7 Å². The second kappa shape index (κ2) is 6.82. The minimum Gasteiger partial charge on any atom is -0.508 e. The lowest BCUT2D eigenvalue weighted by Gasteiger charge is -2.24. The number of benzene rings is 1. The van der Waals surface area contributed by atoms with E-state index in [2.05, 4.69) is 15.5 Å². The van der Waals surface area contributed by atoms with Crippen LogP contribution in [-0.4, -0.2) is 51.5 Å². The third-order valence-electron chi connectivity index (χ3n) is 4.88. The first-order valence-electron chi connectivity index (χ1n) is 9.38. The van der Waals surface area contributed by atoms with Gasteiger partial charge < -0.3 is 20.1 Å². The van der Waals surface area contributed by atoms with Crippen LogP contribution in [0.25, 0.3) is 17.0 Å². The molecule has 7 heteroatoms. The minimum absolute atomic E-state index is 0.220. The van der Waals surface area contributed by atoms with Gasteiger partial charge in [0.25, 0.3) is 0 Å². The molecule has 1 unspecified atom stereocenters. The maximum atomic E-state index is 12.4. The Labute approximate surface area is 164 Å². The maximum absolute atomic E-state index is 12.4. The second-order valence-corrected chi connectivity index (χ2v) is 8.19. The van der Waals surface area contributed by atoms with E-state index in [0.29, 0.717) is 13.1 Å². The summed E-state index contributed by atoms with van der Waals surface area (Å²) in [5.41, 5.74) is 4.04. The predicted octanol–water partition coefficient (Wildman–Crippen LogP) is 3.03. The van der Waals surface area contributed by atoms with Crippen molar-refractivity contribution in [2.45, 2.75) is 26.4 Å². The van der Waals surface area contributed by atoms with Crippen LogP contribution in [0.3, 0.4) is 0 Å². The quantitative estimate of drug-likeness (QED) is 0.833. The molecule has 1 saturated heterocycles. The van der Waals surface area contributed by atoms with Crippen LogP contribution in [0, 0.1) is 5.92 Å². The zero-order valence-corrected chi connectivity index (χ0v) is 16.3. The lowest BCUT2D eigenvalue weighted by Crippen LogP contribution is -2.36. The zero-order valence-electron chi connectivity index (χ0n) is 16.3. The molecule has 2 aromatic rings. The van der Waals surface area contributed by atoms with Gasteiger partial charge in [-0.15, -0.1) is 10.2 Å². The lowest BCUT2D eigenvalue weighted by atomic mass is 10.0. The van der Waals surface area contributed by atoms with Crippen LogP contribution in [0.2, 0.25) is 0 Å². The van der Waals surface area contributed by atoms with Gasteiger partial charge in [0.2, 0.25) is 0 Å². The first-order valence-corrected chi connectivity index (χ1v) is 9.38. The Bertz CT molecular complexity index is 914. The van der Waals surface area contributed by atoms with Crippen molar-refractivity contribution in [1.82, 2.24) is 20.4 Å². The molecule has 0 radical (unpaired) electrons. The molecule has 1 amide bonds. The van der Waals surface area contributed by atoms with Gasteiger partial charge in [-0.3, -0.25) is 0 Å². The molecule has 1 atom stereocenters. The van der Waals surface area contributed by atoms with Gasteiger partial charge in [0.05, 0.1) is 11.4 Å². The molecule has 0 saturated carbocycles. The third kappa shape index (κ3) is 3.65. The molecule has 1 fully saturated rings. The Balaban J connectivity index is 1.53. The first-order chi connectivity index (χ1) is 13.3. The van der Waals surface area contributed by atoms with Crippen LogP contribution in [0.1, 0.15) is 26.5 Å². The Kier molecular flexibility index (Phi) is 4.45. The maximum Gasteiger partial charge on any atom is 0.410 e. The van der Waals surface area contributed by atoms with Gasteiger partial charge in [-0.25, -0.2) is 4.79 Å². The fraction of sp³-hybridized carbons (Fsp3) is 0.381. The van der Waals surface area contributed by atoms with E-state index in [4.69, 9.17) is 4.74 Å². The molecular formula is C21H24N4O3. The second-order valence-electron chi connectivity index (χ2n) is 8.19. The molecule has 28 heavy (non-hydrogen) atoms. The summed E-state index contributed by atoms with van der Waals surface area (Å²) in [6, 6.07) is 10.7. The van der Waals surface area contributed by atoms with Gasteiger partial charge >= 0.3 is 6.09 Å². The fourth-order valence-electron chi connectivity index (χ4n) is 3.56. The molecule has 2 aliphatic heterocycles. The molecular weight excluding hydrogens is 356 g/mol. The molecule has 2 N–H and O–H groups in total. The lowest BCUT2D eigenvalue weighted by molar-refractivity contribution is 0.0290. The number of carbonyl (C=O) groups excluding carboxylic acids is 1. The van der Waals surface area contributed by atoms with E-state index in [1.807, 2.05) is 32.9 Å². The monoisotopic (exact) mass is 380 g/mol. The van der Waals surface area contributed by atoms with Crippen molar-refractivity contribution < 1.29 is 14.6 Å². The van der Waals surface area contributed by atoms with Crippen LogP contribution in [0.4, 0.5) is 4.79 Å². The van der Waals surface area contributed by atoms with Crippen LogP contribution >= 0.6 is 0 Å². The van der Waals surface area contributed by atoms with Gasteiger partial charge in [0, 0.05) is 31.1 Å². The summed E-state index contributed by atoms with van der Waals surface area (Å²) < 4.78 is 5.50. The molecule has 0 bridgehead atoms. The number of ether oxygens (including phenoxy) is 1. The van der Waals surface area contributed by atoms with E-state index in [-0.39, 0.29) is 17.8 Å². The Morgan fingerprint density at radius 2 is 1.82 bits per heavy atom. The van der Waals surface area contributed by atoms with Gasteiger partial charge in [-0.2, -0.15) is 0 Å². The number of hydrogen-bond donors (Lipinski definition) is 2. The number of likely N-dealkylation sites (tertiary alicyclic amines) is 1. The van der Waals surface area contributed by atoms with E-state index in [9.17, 15) is 9.90 Å². The number of phenolic OH excluding ortho intramolecular Hbond substituents is 1. The van der Waals surface area contributed by atoms with Crippen LogP contribution < -0.4 is 5.32 Å². The SMILES string of the molecule is CC(C)(C)OC(=O)N1CC2=C(c3ccc(-c4ccc(O)cc4)nn3)NCC2C1. The van der Waals surface area contributed by atoms with Crippen LogP contribution in [0.15, 0.2) is 42.0 Å². The van der Waals surface area contributed by atoms with Crippen molar-refractivity contribution in [3.63, 3.8) is 0 Å². The van der Waals surface area contributed by atoms with E-state index >= 15 is 0 Å². The average molecular weight is 380 g/mol. The summed E-state index contributed by atoms with van der Waals surface area (Å²) in [4.78, 5) is 14.1. The summed E-state index contributed by atoms with van der Waals surface area (Å²) >= 11 is 0. The number of phenols is 1. The Morgan fingerprint density at radius 3 is 2.46 bits per heavy atom. The van der Waals surface area contributed by atoms with E-state index < -0.39 is 5.60 Å². The molecule has 0 spiro atoms. The molecule has 146 valence electrons. The molecule has 1 aromatic carbocycles. The van der Waals surface area contributed by atoms with Crippen molar-refractivity contribution in [3.8, 4) is 17.0 Å². The van der Waals surface area contributed by atoms with Crippen molar-refractivity contribution in [2.75, 3.05) is 19.6 Å². The number of rotatable bonds is 2. The summed E-state index contributed by atoms with van der Waals surface area (Å²) in [6.45, 7) is 7.60. The molecule has 4 rings (SSSR count). The highest BCUT2D eigenvalue weighted by Crippen LogP contribution is 2.34. The average Bonchev–Trinajstić information content (AvgIpc) is 3.22. The summed E-state index contributed by atoms with van der Waals surface area (Å²) in [7, 11) is 0. The number of nitrogens with one attached hydrogen (secondary N) is 1. The number of hydrogen-bond acceptors (Lipinski definition) is 6. The topological polar surface area (TPSA) is 87.6 Å². The highest BCUT2D eigenvalue weighted by Gasteiger charge is 2.38. The number of aromatic hydroxyl groups is 1. The highest BCUT2D eigenvalue weighted by atomic mass is 16.6. The normalized spacial score (nSPS) is 18.8. The van der Waals surface area contributed by atoms with Crippen LogP contribution in [0.5, 0.6) is 5.75 Å². The zero-order chi connectivity index (χ0) is 19.9. The van der Waals surface area contributed by atoms with E-state index in [1.54, 1.807) is 29.2 Å². The molecule has 1 aromatic heterocycles. The largest absolute Gasteiger partial charge is 0.508 e. The third-order valence-corrected chi connectivity index (χ3v) is 4.88. The van der Waals surface area contributed by atoms with Gasteiger partial charge in [-0.1, -0.05) is 0 Å². The number of nitrogens with zero attached hydrogens (tertiary/aromatic N) is 3. The smallest absolute Gasteiger partial charge is 0.410 e. The molecule has 3 heterocycles. The van der Waals surface area contributed by atoms with Gasteiger partial charge in [0.1, 0.15) is 17.0 Å². The Morgan fingerprint density at radius 1 is 1.14 bits per heavy atom. The van der Waals surface area contributed by atoms with E-state index in [0.717, 1.165) is 29.2 Å². The highest BCUT2D eigenvalue weighted by molar-refractivity contribution is 5.74. The van der Waals surface area contributed by atoms with Crippen molar-refractivity contribution in [1.29, 1.82) is 0 Å².